The van der Waals surface area contributed by atoms with Crippen molar-refractivity contribution in [2.45, 2.75) is 44.6 Å². The molecule has 0 aliphatic heterocycles. The maximum Gasteiger partial charge on any atom is 0.0580 e. The van der Waals surface area contributed by atoms with Gasteiger partial charge in [0.05, 0.1) is 6.10 Å². The molecule has 0 amide bonds. The molecule has 2 unspecified atom stereocenters. The predicted octanol–water partition coefficient (Wildman–Crippen LogP) is 2.50. The molecule has 1 heterocycles. The fraction of sp³-hybridized carbons (Fsp3) is 0.688. The molecule has 2 rings (SSSR count). The molecule has 1 aromatic rings. The largest absolute Gasteiger partial charge is 0.393 e. The van der Waals surface area contributed by atoms with E-state index in [1.807, 2.05) is 12.4 Å². The molecule has 3 heteroatoms. The molecule has 1 saturated carbocycles. The van der Waals surface area contributed by atoms with Crippen molar-refractivity contribution in [2.75, 3.05) is 20.1 Å². The molecule has 0 spiro atoms. The van der Waals surface area contributed by atoms with E-state index in [1.165, 1.54) is 31.2 Å². The number of likely N-dealkylation sites (N-methyl/N-ethyl adjacent to an activating group) is 1. The van der Waals surface area contributed by atoms with Crippen LogP contribution in [0.15, 0.2) is 24.5 Å². The Hall–Kier alpha value is -0.930. The highest BCUT2D eigenvalue weighted by Crippen LogP contribution is 2.24. The summed E-state index contributed by atoms with van der Waals surface area (Å²) in [6.45, 7) is 2.07. The van der Waals surface area contributed by atoms with Crippen LogP contribution >= 0.6 is 0 Å². The van der Waals surface area contributed by atoms with Gasteiger partial charge in [0.15, 0.2) is 0 Å². The lowest BCUT2D eigenvalue weighted by Crippen LogP contribution is -2.33. The molecular weight excluding hydrogens is 236 g/mol. The lowest BCUT2D eigenvalue weighted by molar-refractivity contribution is 0.0797. The average Bonchev–Trinajstić information content (AvgIpc) is 2.63. The first-order valence-electron chi connectivity index (χ1n) is 7.51. The van der Waals surface area contributed by atoms with Crippen LogP contribution in [0.1, 0.15) is 37.7 Å². The summed E-state index contributed by atoms with van der Waals surface area (Å²) in [6, 6.07) is 4.16. The monoisotopic (exact) mass is 262 g/mol. The normalized spacial score (nSPS) is 24.4. The lowest BCUT2D eigenvalue weighted by Gasteiger charge is -2.26. The fourth-order valence-corrected chi connectivity index (χ4v) is 2.94. The molecule has 19 heavy (non-hydrogen) atoms. The van der Waals surface area contributed by atoms with Crippen LogP contribution in [0.2, 0.25) is 0 Å². The molecule has 1 fully saturated rings. The van der Waals surface area contributed by atoms with Crippen LogP contribution < -0.4 is 0 Å². The zero-order valence-corrected chi connectivity index (χ0v) is 12.0. The van der Waals surface area contributed by atoms with Gasteiger partial charge in [-0.2, -0.15) is 0 Å². The number of rotatable bonds is 5. The zero-order valence-electron chi connectivity index (χ0n) is 12.0. The van der Waals surface area contributed by atoms with E-state index in [0.29, 0.717) is 5.92 Å². The topological polar surface area (TPSA) is 36.4 Å². The Morgan fingerprint density at radius 3 is 2.74 bits per heavy atom. The Labute approximate surface area is 116 Å². The number of pyridine rings is 1. The molecule has 1 aromatic heterocycles. The van der Waals surface area contributed by atoms with E-state index in [0.717, 1.165) is 25.9 Å². The summed E-state index contributed by atoms with van der Waals surface area (Å²) in [5.74, 6) is 0.463. The maximum atomic E-state index is 10.1. The van der Waals surface area contributed by atoms with Gasteiger partial charge in [0.1, 0.15) is 0 Å². The van der Waals surface area contributed by atoms with Crippen molar-refractivity contribution in [1.29, 1.82) is 0 Å². The Bertz CT molecular complexity index is 355. The van der Waals surface area contributed by atoms with E-state index in [9.17, 15) is 5.11 Å². The third kappa shape index (κ3) is 4.92. The smallest absolute Gasteiger partial charge is 0.0580 e. The van der Waals surface area contributed by atoms with Gasteiger partial charge in [0.25, 0.3) is 0 Å². The average molecular weight is 262 g/mol. The van der Waals surface area contributed by atoms with E-state index in [-0.39, 0.29) is 6.10 Å². The third-order valence-electron chi connectivity index (χ3n) is 4.20. The second-order valence-corrected chi connectivity index (χ2v) is 5.83. The van der Waals surface area contributed by atoms with Crippen LogP contribution in [0.5, 0.6) is 0 Å². The van der Waals surface area contributed by atoms with Gasteiger partial charge >= 0.3 is 0 Å². The molecule has 0 aromatic carbocycles. The third-order valence-corrected chi connectivity index (χ3v) is 4.20. The number of aromatic nitrogens is 1. The number of nitrogens with zero attached hydrogens (tertiary/aromatic N) is 2. The van der Waals surface area contributed by atoms with Crippen LogP contribution in [-0.2, 0) is 6.42 Å². The Morgan fingerprint density at radius 2 is 1.95 bits per heavy atom. The van der Waals surface area contributed by atoms with E-state index in [1.54, 1.807) is 0 Å². The second kappa shape index (κ2) is 7.61. The first-order valence-corrected chi connectivity index (χ1v) is 7.51. The summed E-state index contributed by atoms with van der Waals surface area (Å²) < 4.78 is 0. The molecule has 0 saturated heterocycles. The molecular formula is C16H26N2O. The highest BCUT2D eigenvalue weighted by atomic mass is 16.3. The predicted molar refractivity (Wildman–Crippen MR) is 78.0 cm³/mol. The van der Waals surface area contributed by atoms with Crippen LogP contribution in [0.25, 0.3) is 0 Å². The van der Waals surface area contributed by atoms with Crippen molar-refractivity contribution in [3.05, 3.63) is 30.1 Å². The van der Waals surface area contributed by atoms with Crippen molar-refractivity contribution >= 4 is 0 Å². The quantitative estimate of drug-likeness (QED) is 0.828. The SMILES string of the molecule is CN(CCc1ccncc1)CC1CCCCCC1O. The molecule has 106 valence electrons. The molecule has 0 radical (unpaired) electrons. The van der Waals surface area contributed by atoms with E-state index in [4.69, 9.17) is 0 Å². The minimum atomic E-state index is -0.0918. The van der Waals surface area contributed by atoms with Crippen LogP contribution in [-0.4, -0.2) is 41.2 Å². The van der Waals surface area contributed by atoms with Crippen molar-refractivity contribution in [3.8, 4) is 0 Å². The first-order chi connectivity index (χ1) is 9.25. The summed E-state index contributed by atoms with van der Waals surface area (Å²) in [5.41, 5.74) is 1.34. The minimum Gasteiger partial charge on any atom is -0.393 e. The molecule has 1 N–H and O–H groups in total. The molecule has 0 bridgehead atoms. The van der Waals surface area contributed by atoms with Crippen LogP contribution in [0, 0.1) is 5.92 Å². The van der Waals surface area contributed by atoms with Gasteiger partial charge in [-0.15, -0.1) is 0 Å². The molecule has 1 aliphatic carbocycles. The highest BCUT2D eigenvalue weighted by Gasteiger charge is 2.22. The first kappa shape index (κ1) is 14.5. The van der Waals surface area contributed by atoms with Crippen molar-refractivity contribution in [1.82, 2.24) is 9.88 Å². The molecule has 2 atom stereocenters. The van der Waals surface area contributed by atoms with E-state index >= 15 is 0 Å². The van der Waals surface area contributed by atoms with Gasteiger partial charge in [-0.1, -0.05) is 19.3 Å². The van der Waals surface area contributed by atoms with Crippen molar-refractivity contribution < 1.29 is 5.11 Å². The standard InChI is InChI=1S/C16H26N2O/c1-18(12-9-14-7-10-17-11-8-14)13-15-5-3-2-4-6-16(15)19/h7-8,10-11,15-16,19H,2-6,9,12-13H2,1H3. The number of aliphatic hydroxyl groups is 1. The Kier molecular flexibility index (Phi) is 5.80. The Morgan fingerprint density at radius 1 is 1.21 bits per heavy atom. The van der Waals surface area contributed by atoms with Gasteiger partial charge in [-0.05, 0) is 49.9 Å². The van der Waals surface area contributed by atoms with Gasteiger partial charge in [0.2, 0.25) is 0 Å². The summed E-state index contributed by atoms with van der Waals surface area (Å²) in [4.78, 5) is 6.40. The van der Waals surface area contributed by atoms with E-state index in [2.05, 4.69) is 29.1 Å². The van der Waals surface area contributed by atoms with Gasteiger partial charge in [-0.25, -0.2) is 0 Å². The van der Waals surface area contributed by atoms with Crippen LogP contribution in [0.3, 0.4) is 0 Å². The molecule has 1 aliphatic rings. The lowest BCUT2D eigenvalue weighted by atomic mass is 9.96. The Balaban J connectivity index is 1.75. The van der Waals surface area contributed by atoms with Gasteiger partial charge in [0, 0.05) is 25.5 Å². The summed E-state index contributed by atoms with van der Waals surface area (Å²) in [6.07, 6.45) is 10.6. The maximum absolute atomic E-state index is 10.1. The minimum absolute atomic E-state index is 0.0918. The van der Waals surface area contributed by atoms with Crippen LogP contribution in [0.4, 0.5) is 0 Å². The molecule has 3 nitrogen and oxygen atoms in total. The van der Waals surface area contributed by atoms with Gasteiger partial charge < -0.3 is 10.0 Å². The number of aliphatic hydroxyl groups excluding tert-OH is 1. The fourth-order valence-electron chi connectivity index (χ4n) is 2.94. The van der Waals surface area contributed by atoms with Crippen molar-refractivity contribution in [2.24, 2.45) is 5.92 Å². The summed E-state index contributed by atoms with van der Waals surface area (Å²) in [7, 11) is 2.17. The number of hydrogen-bond donors (Lipinski definition) is 1. The zero-order chi connectivity index (χ0) is 13.5. The number of hydrogen-bond acceptors (Lipinski definition) is 3. The van der Waals surface area contributed by atoms with E-state index < -0.39 is 0 Å². The van der Waals surface area contributed by atoms with Crippen molar-refractivity contribution in [3.63, 3.8) is 0 Å². The summed E-state index contributed by atoms with van der Waals surface area (Å²) in [5, 5.41) is 10.1. The highest BCUT2D eigenvalue weighted by molar-refractivity contribution is 5.09. The summed E-state index contributed by atoms with van der Waals surface area (Å²) >= 11 is 0. The van der Waals surface area contributed by atoms with Gasteiger partial charge in [-0.3, -0.25) is 4.98 Å². The second-order valence-electron chi connectivity index (χ2n) is 5.83.